The van der Waals surface area contributed by atoms with Crippen molar-refractivity contribution in [1.82, 2.24) is 9.97 Å². The minimum absolute atomic E-state index is 0. The molecule has 3 aromatic heterocycles. The molecule has 0 aliphatic rings. The monoisotopic (exact) mass is 871 g/mol. The van der Waals surface area contributed by atoms with E-state index in [1.54, 1.807) is 32.9 Å². The maximum Gasteiger partial charge on any atom is 0.121 e. The minimum atomic E-state index is -2.50. The molecule has 0 atom stereocenters. The van der Waals surface area contributed by atoms with Gasteiger partial charge in [0.2, 0.25) is 0 Å². The topological polar surface area (TPSA) is 38.9 Å². The van der Waals surface area contributed by atoms with Crippen molar-refractivity contribution in [2.75, 3.05) is 0 Å². The van der Waals surface area contributed by atoms with Crippen LogP contribution >= 0.6 is 0 Å². The molecule has 3 heterocycles. The van der Waals surface area contributed by atoms with Crippen LogP contribution in [0, 0.1) is 24.4 Å². The van der Waals surface area contributed by atoms with Crippen LogP contribution in [-0.4, -0.2) is 18.0 Å². The fraction of sp³-hybridized carbons (Fsp3) is 0.261. The Morgan fingerprint density at radius 3 is 2.24 bits per heavy atom. The molecular weight excluding hydrogens is 817 g/mol. The van der Waals surface area contributed by atoms with Gasteiger partial charge in [0.25, 0.3) is 0 Å². The van der Waals surface area contributed by atoms with Crippen LogP contribution in [-0.2, 0) is 26.5 Å². The predicted octanol–water partition coefficient (Wildman–Crippen LogP) is 12.2. The zero-order chi connectivity index (χ0) is 40.8. The fourth-order valence-electron chi connectivity index (χ4n) is 6.01. The summed E-state index contributed by atoms with van der Waals surface area (Å²) in [7, 11) is -1.50. The fourth-order valence-corrected chi connectivity index (χ4v) is 7.59. The third kappa shape index (κ3) is 8.84. The van der Waals surface area contributed by atoms with Crippen molar-refractivity contribution in [2.45, 2.75) is 73.4 Å². The van der Waals surface area contributed by atoms with Crippen LogP contribution in [0.4, 0.5) is 0 Å². The van der Waals surface area contributed by atoms with Gasteiger partial charge in [-0.25, -0.2) is 0 Å². The van der Waals surface area contributed by atoms with Crippen LogP contribution < -0.4 is 5.19 Å². The van der Waals surface area contributed by atoms with Gasteiger partial charge in [-0.2, -0.15) is 0 Å². The van der Waals surface area contributed by atoms with E-state index in [1.165, 1.54) is 11.4 Å². The number of furan rings is 1. The van der Waals surface area contributed by atoms with Gasteiger partial charge in [0.05, 0.1) is 13.7 Å². The summed E-state index contributed by atoms with van der Waals surface area (Å²) in [6.07, 6.45) is 1.33. The molecule has 0 bridgehead atoms. The maximum absolute atomic E-state index is 8.81. The Hall–Kier alpha value is -4.15. The molecule has 7 rings (SSSR count). The smallest absolute Gasteiger partial charge is 0.121 e. The average Bonchev–Trinajstić information content (AvgIpc) is 3.52. The summed E-state index contributed by atoms with van der Waals surface area (Å²) < 4.78 is 56.3. The van der Waals surface area contributed by atoms with E-state index in [1.807, 2.05) is 92.8 Å². The molecule has 1 radical (unpaired) electrons. The Morgan fingerprint density at radius 2 is 1.57 bits per heavy atom. The van der Waals surface area contributed by atoms with Crippen LogP contribution in [0.15, 0.2) is 114 Å². The maximum atomic E-state index is 8.81. The van der Waals surface area contributed by atoms with Crippen molar-refractivity contribution in [3.8, 4) is 33.6 Å². The number of pyridine rings is 2. The van der Waals surface area contributed by atoms with E-state index in [9.17, 15) is 0 Å². The van der Waals surface area contributed by atoms with Crippen LogP contribution in [0.25, 0.3) is 55.6 Å². The van der Waals surface area contributed by atoms with Gasteiger partial charge < -0.3 is 14.4 Å². The number of hydrogen-bond acceptors (Lipinski definition) is 3. The number of aromatic nitrogens is 2. The second-order valence-corrected chi connectivity index (χ2v) is 19.9. The number of benzene rings is 4. The minimum Gasteiger partial charge on any atom is -0.501 e. The van der Waals surface area contributed by atoms with Crippen molar-refractivity contribution >= 4 is 35.2 Å². The van der Waals surface area contributed by atoms with E-state index in [-0.39, 0.29) is 31.2 Å². The van der Waals surface area contributed by atoms with Gasteiger partial charge in [0.15, 0.2) is 0 Å². The number of hydrogen-bond donors (Lipinski definition) is 0. The molecule has 0 fully saturated rings. The number of fused-ring (bicyclic) bond motifs is 3. The molecule has 263 valence electrons. The summed E-state index contributed by atoms with van der Waals surface area (Å²) >= 11 is 0. The van der Waals surface area contributed by atoms with E-state index in [2.05, 4.69) is 53.9 Å². The Labute approximate surface area is 327 Å². The molecule has 0 aliphatic carbocycles. The first-order valence-electron chi connectivity index (χ1n) is 20.0. The second-order valence-electron chi connectivity index (χ2n) is 14.9. The zero-order valence-electron chi connectivity index (χ0n) is 36.5. The predicted molar refractivity (Wildman–Crippen MR) is 215 cm³/mol. The first-order chi connectivity index (χ1) is 26.1. The quantitative estimate of drug-likeness (QED) is 0.123. The molecule has 0 saturated heterocycles. The van der Waals surface area contributed by atoms with Gasteiger partial charge in [0.1, 0.15) is 5.58 Å². The van der Waals surface area contributed by atoms with E-state index in [4.69, 9.17) is 12.6 Å². The van der Waals surface area contributed by atoms with Crippen molar-refractivity contribution < 1.29 is 32.7 Å². The largest absolute Gasteiger partial charge is 0.501 e. The van der Waals surface area contributed by atoms with Gasteiger partial charge in [-0.3, -0.25) is 0 Å². The van der Waals surface area contributed by atoms with Crippen molar-refractivity contribution in [1.29, 1.82) is 0 Å². The summed E-state index contributed by atoms with van der Waals surface area (Å²) in [5, 5.41) is 3.11. The van der Waals surface area contributed by atoms with E-state index in [0.717, 1.165) is 44.3 Å². The normalized spacial score (nSPS) is 14.2. The van der Waals surface area contributed by atoms with Gasteiger partial charge in [0, 0.05) is 46.1 Å². The molecule has 0 aliphatic heterocycles. The second kappa shape index (κ2) is 15.6. The summed E-state index contributed by atoms with van der Waals surface area (Å²) in [6.45, 7) is 13.6. The SMILES string of the molecule is [2H]C(C)(C)c1cc(-c2[c-]cccc2)ncc1[Si](C)(C)C.[2H]C([2H])([2H])c1cnc(-c2[c-]ccc3c2oc2cc(-c4ccccc4)ccc23)cc1C([2H])([2H])C(C)(C)C.[Ir]. The first-order valence-corrected chi connectivity index (χ1v) is 20.5. The molecular formula is C46H48IrN2OSi-2. The van der Waals surface area contributed by atoms with E-state index in [0.29, 0.717) is 16.8 Å². The summed E-state index contributed by atoms with van der Waals surface area (Å²) in [5.41, 5.74) is 6.56. The van der Waals surface area contributed by atoms with Crippen molar-refractivity contribution in [2.24, 2.45) is 5.41 Å². The van der Waals surface area contributed by atoms with Crippen molar-refractivity contribution in [3.63, 3.8) is 0 Å². The Kier molecular flexibility index (Phi) is 9.33. The van der Waals surface area contributed by atoms with Gasteiger partial charge in [-0.05, 0) is 63.9 Å². The van der Waals surface area contributed by atoms with Gasteiger partial charge in [-0.1, -0.05) is 131 Å². The molecule has 0 unspecified atom stereocenters. The number of nitrogens with zero attached hydrogens (tertiary/aromatic N) is 2. The van der Waals surface area contributed by atoms with Crippen molar-refractivity contribution in [3.05, 3.63) is 138 Å². The van der Waals surface area contributed by atoms with Gasteiger partial charge >= 0.3 is 0 Å². The first kappa shape index (κ1) is 30.5. The third-order valence-electron chi connectivity index (χ3n) is 8.45. The molecule has 0 amide bonds. The summed E-state index contributed by atoms with van der Waals surface area (Å²) in [5.74, 6) is -0.609. The van der Waals surface area contributed by atoms with Crippen LogP contribution in [0.1, 0.15) is 65.4 Å². The zero-order valence-corrected chi connectivity index (χ0v) is 33.9. The molecule has 0 N–H and O–H groups in total. The molecule has 3 nitrogen and oxygen atoms in total. The summed E-state index contributed by atoms with van der Waals surface area (Å²) in [4.78, 5) is 9.05. The number of rotatable bonds is 6. The molecule has 0 spiro atoms. The van der Waals surface area contributed by atoms with E-state index < -0.39 is 32.6 Å². The molecule has 0 saturated carbocycles. The summed E-state index contributed by atoms with van der Waals surface area (Å²) in [6, 6.07) is 37.7. The Balaban J connectivity index is 0.000000251. The van der Waals surface area contributed by atoms with Crippen LogP contribution in [0.5, 0.6) is 0 Å². The number of aryl methyl sites for hydroxylation is 1. The van der Waals surface area contributed by atoms with E-state index >= 15 is 0 Å². The molecule has 4 aromatic carbocycles. The average molecular weight is 871 g/mol. The third-order valence-corrected chi connectivity index (χ3v) is 10.5. The Bertz CT molecular complexity index is 2500. The van der Waals surface area contributed by atoms with Crippen LogP contribution in [0.2, 0.25) is 19.6 Å². The molecule has 7 aromatic rings. The molecule has 5 heteroatoms. The molecule has 51 heavy (non-hydrogen) atoms. The van der Waals surface area contributed by atoms with Gasteiger partial charge in [-0.15, -0.1) is 54.1 Å². The van der Waals surface area contributed by atoms with Crippen LogP contribution in [0.3, 0.4) is 0 Å². The standard InChI is InChI=1S/C29H26NO.C17H22NSi.Ir/c1-19-18-30-26(15-22(19)17-29(2,3)4)25-12-8-11-24-23-14-13-21(16-27(23)31-28(24)25)20-9-6-5-7-10-20;1-13(2)15-11-16(14-9-7-6-8-10-14)18-12-17(15)19(3,4)5;/h5-11,13-16,18H,17H2,1-4H3;6-9,11-13H,1-5H3;/q2*-1;/i1D3,17D2;13D;. The Morgan fingerprint density at radius 1 is 0.824 bits per heavy atom.